The number of rotatable bonds is 5. The van der Waals surface area contributed by atoms with Crippen molar-refractivity contribution in [1.82, 2.24) is 25.1 Å². The third-order valence-corrected chi connectivity index (χ3v) is 4.10. The average Bonchev–Trinajstić information content (AvgIpc) is 2.84. The van der Waals surface area contributed by atoms with E-state index in [0.29, 0.717) is 18.2 Å². The Morgan fingerprint density at radius 2 is 2.27 bits per heavy atom. The lowest BCUT2D eigenvalue weighted by Gasteiger charge is -2.35. The van der Waals surface area contributed by atoms with Crippen LogP contribution in [0.1, 0.15) is 36.0 Å². The fraction of sp³-hybridized carbons (Fsp3) is 0.467. The SMILES string of the molecule is Cn1c(CO)nnc1C1CC(NC(=O)Cc2cccnc2)C1. The van der Waals surface area contributed by atoms with E-state index in [0.717, 1.165) is 24.2 Å². The van der Waals surface area contributed by atoms with Gasteiger partial charge in [0, 0.05) is 31.4 Å². The Kier molecular flexibility index (Phi) is 4.15. The van der Waals surface area contributed by atoms with Gasteiger partial charge in [0.25, 0.3) is 0 Å². The molecule has 0 saturated heterocycles. The van der Waals surface area contributed by atoms with Crippen LogP contribution in [0.2, 0.25) is 0 Å². The molecule has 0 atom stereocenters. The van der Waals surface area contributed by atoms with Gasteiger partial charge in [0.05, 0.1) is 6.42 Å². The summed E-state index contributed by atoms with van der Waals surface area (Å²) in [5.41, 5.74) is 0.914. The van der Waals surface area contributed by atoms with Gasteiger partial charge in [-0.2, -0.15) is 0 Å². The van der Waals surface area contributed by atoms with Gasteiger partial charge in [-0.25, -0.2) is 0 Å². The maximum atomic E-state index is 12.0. The van der Waals surface area contributed by atoms with Crippen LogP contribution in [0.4, 0.5) is 0 Å². The zero-order valence-corrected chi connectivity index (χ0v) is 12.4. The minimum Gasteiger partial charge on any atom is -0.388 e. The van der Waals surface area contributed by atoms with Crippen molar-refractivity contribution in [2.24, 2.45) is 7.05 Å². The molecule has 7 nitrogen and oxygen atoms in total. The number of hydrogen-bond donors (Lipinski definition) is 2. The number of aliphatic hydroxyl groups is 1. The van der Waals surface area contributed by atoms with Gasteiger partial charge in [0.15, 0.2) is 5.82 Å². The van der Waals surface area contributed by atoms with Crippen molar-refractivity contribution in [2.45, 2.75) is 37.8 Å². The molecule has 0 radical (unpaired) electrons. The second-order valence-electron chi connectivity index (χ2n) is 5.66. The second-order valence-corrected chi connectivity index (χ2v) is 5.66. The Labute approximate surface area is 128 Å². The van der Waals surface area contributed by atoms with Crippen LogP contribution in [-0.4, -0.2) is 36.8 Å². The average molecular weight is 301 g/mol. The number of carbonyl (C=O) groups excluding carboxylic acids is 1. The van der Waals surface area contributed by atoms with Crippen LogP contribution in [0.5, 0.6) is 0 Å². The first-order chi connectivity index (χ1) is 10.7. The Morgan fingerprint density at radius 1 is 1.45 bits per heavy atom. The van der Waals surface area contributed by atoms with Crippen LogP contribution in [0.15, 0.2) is 24.5 Å². The van der Waals surface area contributed by atoms with E-state index in [9.17, 15) is 4.79 Å². The molecule has 0 aliphatic heterocycles. The van der Waals surface area contributed by atoms with Crippen molar-refractivity contribution in [2.75, 3.05) is 0 Å². The van der Waals surface area contributed by atoms with Crippen molar-refractivity contribution in [1.29, 1.82) is 0 Å². The molecule has 7 heteroatoms. The van der Waals surface area contributed by atoms with E-state index < -0.39 is 0 Å². The molecule has 0 unspecified atom stereocenters. The summed E-state index contributed by atoms with van der Waals surface area (Å²) in [6, 6.07) is 3.91. The number of carbonyl (C=O) groups is 1. The summed E-state index contributed by atoms with van der Waals surface area (Å²) >= 11 is 0. The monoisotopic (exact) mass is 301 g/mol. The third-order valence-electron chi connectivity index (χ3n) is 4.10. The molecule has 0 aromatic carbocycles. The molecule has 1 fully saturated rings. The lowest BCUT2D eigenvalue weighted by Crippen LogP contribution is -2.44. The minimum atomic E-state index is -0.110. The van der Waals surface area contributed by atoms with E-state index in [1.54, 1.807) is 12.4 Å². The van der Waals surface area contributed by atoms with E-state index in [-0.39, 0.29) is 18.6 Å². The molecule has 116 valence electrons. The molecule has 1 aliphatic carbocycles. The molecule has 1 aliphatic rings. The third kappa shape index (κ3) is 2.99. The summed E-state index contributed by atoms with van der Waals surface area (Å²) in [7, 11) is 1.86. The summed E-state index contributed by atoms with van der Waals surface area (Å²) in [5, 5.41) is 20.2. The van der Waals surface area contributed by atoms with Gasteiger partial charge in [-0.1, -0.05) is 6.07 Å². The maximum absolute atomic E-state index is 12.0. The van der Waals surface area contributed by atoms with Crippen molar-refractivity contribution >= 4 is 5.91 Å². The Hall–Kier alpha value is -2.28. The first-order valence-electron chi connectivity index (χ1n) is 7.34. The maximum Gasteiger partial charge on any atom is 0.224 e. The molecule has 2 N–H and O–H groups in total. The largest absolute Gasteiger partial charge is 0.388 e. The summed E-state index contributed by atoms with van der Waals surface area (Å²) in [6.45, 7) is -0.110. The lowest BCUT2D eigenvalue weighted by molar-refractivity contribution is -0.121. The van der Waals surface area contributed by atoms with Crippen molar-refractivity contribution < 1.29 is 9.90 Å². The van der Waals surface area contributed by atoms with E-state index in [2.05, 4.69) is 20.5 Å². The van der Waals surface area contributed by atoms with Crippen LogP contribution in [0, 0.1) is 0 Å². The molecule has 2 aromatic rings. The number of nitrogens with zero attached hydrogens (tertiary/aromatic N) is 4. The zero-order chi connectivity index (χ0) is 15.5. The standard InChI is InChI=1S/C15H19N5O2/c1-20-13(9-21)18-19-15(20)11-6-12(7-11)17-14(22)5-10-3-2-4-16-8-10/h2-4,8,11-12,21H,5-7,9H2,1H3,(H,17,22). The van der Waals surface area contributed by atoms with Crippen molar-refractivity contribution in [3.05, 3.63) is 41.7 Å². The van der Waals surface area contributed by atoms with Gasteiger partial charge in [-0.05, 0) is 24.5 Å². The van der Waals surface area contributed by atoms with Gasteiger partial charge in [0.1, 0.15) is 12.4 Å². The molecular formula is C15H19N5O2. The molecular weight excluding hydrogens is 282 g/mol. The minimum absolute atomic E-state index is 0.0189. The predicted octanol–water partition coefficient (Wildman–Crippen LogP) is 0.307. The fourth-order valence-corrected chi connectivity index (χ4v) is 2.78. The molecule has 22 heavy (non-hydrogen) atoms. The smallest absolute Gasteiger partial charge is 0.224 e. The lowest BCUT2D eigenvalue weighted by atomic mass is 9.79. The predicted molar refractivity (Wildman–Crippen MR) is 78.8 cm³/mol. The zero-order valence-electron chi connectivity index (χ0n) is 12.4. The topological polar surface area (TPSA) is 92.9 Å². The number of aliphatic hydroxyl groups excluding tert-OH is 1. The van der Waals surface area contributed by atoms with Crippen LogP contribution in [0.3, 0.4) is 0 Å². The summed E-state index contributed by atoms with van der Waals surface area (Å²) in [5.74, 6) is 1.76. The van der Waals surface area contributed by atoms with Crippen LogP contribution >= 0.6 is 0 Å². The van der Waals surface area contributed by atoms with Crippen LogP contribution in [-0.2, 0) is 24.9 Å². The van der Waals surface area contributed by atoms with Gasteiger partial charge < -0.3 is 15.0 Å². The van der Waals surface area contributed by atoms with Crippen molar-refractivity contribution in [3.8, 4) is 0 Å². The molecule has 2 heterocycles. The first-order valence-corrected chi connectivity index (χ1v) is 7.34. The van der Waals surface area contributed by atoms with E-state index in [4.69, 9.17) is 5.11 Å². The molecule has 1 amide bonds. The summed E-state index contributed by atoms with van der Waals surface area (Å²) in [4.78, 5) is 16.0. The number of nitrogens with one attached hydrogen (secondary N) is 1. The summed E-state index contributed by atoms with van der Waals surface area (Å²) in [6.07, 6.45) is 5.47. The summed E-state index contributed by atoms with van der Waals surface area (Å²) < 4.78 is 1.83. The van der Waals surface area contributed by atoms with Gasteiger partial charge in [-0.15, -0.1) is 10.2 Å². The fourth-order valence-electron chi connectivity index (χ4n) is 2.78. The molecule has 2 aromatic heterocycles. The van der Waals surface area contributed by atoms with E-state index >= 15 is 0 Å². The van der Waals surface area contributed by atoms with Gasteiger partial charge in [0.2, 0.25) is 5.91 Å². The number of aromatic nitrogens is 4. The van der Waals surface area contributed by atoms with Gasteiger partial charge in [-0.3, -0.25) is 9.78 Å². The Morgan fingerprint density at radius 3 is 2.91 bits per heavy atom. The molecule has 1 saturated carbocycles. The highest BCUT2D eigenvalue weighted by Crippen LogP contribution is 2.35. The van der Waals surface area contributed by atoms with Crippen molar-refractivity contribution in [3.63, 3.8) is 0 Å². The first kappa shape index (κ1) is 14.6. The second kappa shape index (κ2) is 6.23. The number of pyridine rings is 1. The molecule has 0 bridgehead atoms. The quantitative estimate of drug-likeness (QED) is 0.829. The van der Waals surface area contributed by atoms with Crippen LogP contribution in [0.25, 0.3) is 0 Å². The van der Waals surface area contributed by atoms with E-state index in [1.807, 2.05) is 23.7 Å². The molecule has 0 spiro atoms. The highest BCUT2D eigenvalue weighted by atomic mass is 16.3. The van der Waals surface area contributed by atoms with Gasteiger partial charge >= 0.3 is 0 Å². The molecule has 3 rings (SSSR count). The number of amides is 1. The number of hydrogen-bond acceptors (Lipinski definition) is 5. The Balaban J connectivity index is 1.49. The highest BCUT2D eigenvalue weighted by Gasteiger charge is 2.34. The Bertz CT molecular complexity index is 649. The van der Waals surface area contributed by atoms with Crippen LogP contribution < -0.4 is 5.32 Å². The highest BCUT2D eigenvalue weighted by molar-refractivity contribution is 5.78. The van der Waals surface area contributed by atoms with E-state index in [1.165, 1.54) is 0 Å². The normalized spacial score (nSPS) is 20.5.